The van der Waals surface area contributed by atoms with Gasteiger partial charge in [-0.3, -0.25) is 0 Å². The van der Waals surface area contributed by atoms with Crippen LogP contribution in [0, 0.1) is 11.8 Å². The molecule has 0 saturated heterocycles. The van der Waals surface area contributed by atoms with Crippen molar-refractivity contribution in [3.05, 3.63) is 35.9 Å². The highest BCUT2D eigenvalue weighted by Gasteiger charge is 2.12. The molecule has 1 N–H and O–H groups in total. The van der Waals surface area contributed by atoms with E-state index in [4.69, 9.17) is 5.11 Å². The summed E-state index contributed by atoms with van der Waals surface area (Å²) >= 11 is 0. The second-order valence-corrected chi connectivity index (χ2v) is 3.88. The summed E-state index contributed by atoms with van der Waals surface area (Å²) in [7, 11) is 0. The molecule has 0 aliphatic heterocycles. The van der Waals surface area contributed by atoms with Gasteiger partial charge in [0.05, 0.1) is 0 Å². The molecule has 0 unspecified atom stereocenters. The van der Waals surface area contributed by atoms with Crippen LogP contribution in [0.5, 0.6) is 0 Å². The molecule has 0 heterocycles. The van der Waals surface area contributed by atoms with Gasteiger partial charge in [-0.25, -0.2) is 0 Å². The van der Waals surface area contributed by atoms with E-state index >= 15 is 0 Å². The fourth-order valence-electron chi connectivity index (χ4n) is 1.43. The van der Waals surface area contributed by atoms with E-state index in [2.05, 4.69) is 26.0 Å². The molecule has 0 amide bonds. The SMILES string of the molecule is CC(C)[C@@H](CO)Cc1ccccc1. The molecule has 0 saturated carbocycles. The van der Waals surface area contributed by atoms with Crippen LogP contribution in [0.25, 0.3) is 0 Å². The van der Waals surface area contributed by atoms with Crippen molar-refractivity contribution in [1.29, 1.82) is 0 Å². The zero-order valence-electron chi connectivity index (χ0n) is 8.40. The fourth-order valence-corrected chi connectivity index (χ4v) is 1.43. The molecule has 0 aliphatic carbocycles. The van der Waals surface area contributed by atoms with Gasteiger partial charge in [0.2, 0.25) is 0 Å². The van der Waals surface area contributed by atoms with Crippen molar-refractivity contribution in [2.45, 2.75) is 20.3 Å². The lowest BCUT2D eigenvalue weighted by molar-refractivity contribution is 0.189. The van der Waals surface area contributed by atoms with Crippen LogP contribution in [0.3, 0.4) is 0 Å². The van der Waals surface area contributed by atoms with Crippen LogP contribution in [0.1, 0.15) is 19.4 Å². The summed E-state index contributed by atoms with van der Waals surface area (Å²) in [6, 6.07) is 10.3. The predicted octanol–water partition coefficient (Wildman–Crippen LogP) is 2.49. The minimum atomic E-state index is 0.284. The maximum absolute atomic E-state index is 9.16. The quantitative estimate of drug-likeness (QED) is 0.751. The average molecular weight is 178 g/mol. The summed E-state index contributed by atoms with van der Waals surface area (Å²) in [6.07, 6.45) is 0.981. The molecule has 0 spiro atoms. The van der Waals surface area contributed by atoms with Gasteiger partial charge in [-0.1, -0.05) is 44.2 Å². The Bertz CT molecular complexity index is 228. The largest absolute Gasteiger partial charge is 0.396 e. The number of hydrogen-bond acceptors (Lipinski definition) is 1. The molecule has 1 rings (SSSR count). The standard InChI is InChI=1S/C12H18O/c1-10(2)12(9-13)8-11-6-4-3-5-7-11/h3-7,10,12-13H,8-9H2,1-2H3/t12-/m1/s1. The van der Waals surface area contributed by atoms with E-state index in [9.17, 15) is 0 Å². The number of hydrogen-bond donors (Lipinski definition) is 1. The van der Waals surface area contributed by atoms with Gasteiger partial charge in [0.1, 0.15) is 0 Å². The second kappa shape index (κ2) is 5.03. The summed E-state index contributed by atoms with van der Waals surface area (Å²) in [5.74, 6) is 0.938. The Balaban J connectivity index is 2.57. The Morgan fingerprint density at radius 3 is 2.23 bits per heavy atom. The van der Waals surface area contributed by atoms with Gasteiger partial charge in [-0.05, 0) is 23.8 Å². The van der Waals surface area contributed by atoms with Crippen LogP contribution in [0.4, 0.5) is 0 Å². The third-order valence-corrected chi connectivity index (χ3v) is 2.52. The van der Waals surface area contributed by atoms with E-state index in [0.717, 1.165) is 6.42 Å². The molecule has 72 valence electrons. The Kier molecular flexibility index (Phi) is 3.97. The van der Waals surface area contributed by atoms with Crippen molar-refractivity contribution in [3.8, 4) is 0 Å². The molecule has 0 bridgehead atoms. The van der Waals surface area contributed by atoms with Gasteiger partial charge in [-0.2, -0.15) is 0 Å². The van der Waals surface area contributed by atoms with Crippen molar-refractivity contribution in [2.24, 2.45) is 11.8 Å². The van der Waals surface area contributed by atoms with Gasteiger partial charge in [-0.15, -0.1) is 0 Å². The van der Waals surface area contributed by atoms with E-state index in [0.29, 0.717) is 11.8 Å². The molecule has 0 radical (unpaired) electrons. The van der Waals surface area contributed by atoms with Gasteiger partial charge < -0.3 is 5.11 Å². The van der Waals surface area contributed by atoms with Crippen LogP contribution in [0.2, 0.25) is 0 Å². The lowest BCUT2D eigenvalue weighted by Gasteiger charge is -2.17. The Labute approximate surface area is 80.4 Å². The smallest absolute Gasteiger partial charge is 0.0464 e. The van der Waals surface area contributed by atoms with Crippen molar-refractivity contribution in [2.75, 3.05) is 6.61 Å². The summed E-state index contributed by atoms with van der Waals surface area (Å²) in [4.78, 5) is 0. The van der Waals surface area contributed by atoms with Crippen molar-refractivity contribution in [3.63, 3.8) is 0 Å². The van der Waals surface area contributed by atoms with Crippen molar-refractivity contribution < 1.29 is 5.11 Å². The summed E-state index contributed by atoms with van der Waals surface area (Å²) in [5.41, 5.74) is 1.32. The van der Waals surface area contributed by atoms with E-state index in [-0.39, 0.29) is 6.61 Å². The lowest BCUT2D eigenvalue weighted by Crippen LogP contribution is -2.16. The van der Waals surface area contributed by atoms with E-state index in [1.54, 1.807) is 0 Å². The van der Waals surface area contributed by atoms with Crippen LogP contribution in [-0.4, -0.2) is 11.7 Å². The van der Waals surface area contributed by atoms with E-state index in [1.165, 1.54) is 5.56 Å². The minimum Gasteiger partial charge on any atom is -0.396 e. The van der Waals surface area contributed by atoms with E-state index in [1.807, 2.05) is 18.2 Å². The van der Waals surface area contributed by atoms with Crippen molar-refractivity contribution in [1.82, 2.24) is 0 Å². The zero-order chi connectivity index (χ0) is 9.68. The molecule has 1 atom stereocenters. The molecule has 1 aromatic carbocycles. The number of rotatable bonds is 4. The molecular weight excluding hydrogens is 160 g/mol. The highest BCUT2D eigenvalue weighted by molar-refractivity contribution is 5.15. The maximum Gasteiger partial charge on any atom is 0.0464 e. The predicted molar refractivity (Wildman–Crippen MR) is 55.6 cm³/mol. The molecule has 0 aromatic heterocycles. The van der Waals surface area contributed by atoms with Crippen LogP contribution in [0.15, 0.2) is 30.3 Å². The topological polar surface area (TPSA) is 20.2 Å². The molecule has 0 aliphatic rings. The van der Waals surface area contributed by atoms with Crippen LogP contribution < -0.4 is 0 Å². The summed E-state index contributed by atoms with van der Waals surface area (Å²) in [6.45, 7) is 4.60. The third kappa shape index (κ3) is 3.19. The Hall–Kier alpha value is -0.820. The zero-order valence-corrected chi connectivity index (χ0v) is 8.40. The van der Waals surface area contributed by atoms with Crippen LogP contribution in [-0.2, 0) is 6.42 Å². The van der Waals surface area contributed by atoms with E-state index < -0.39 is 0 Å². The molecule has 1 nitrogen and oxygen atoms in total. The van der Waals surface area contributed by atoms with Crippen LogP contribution >= 0.6 is 0 Å². The summed E-state index contributed by atoms with van der Waals surface area (Å²) in [5, 5.41) is 9.16. The number of aliphatic hydroxyl groups excluding tert-OH is 1. The first-order chi connectivity index (χ1) is 6.24. The molecule has 0 fully saturated rings. The van der Waals surface area contributed by atoms with Crippen molar-refractivity contribution >= 4 is 0 Å². The minimum absolute atomic E-state index is 0.284. The molecule has 1 heteroatoms. The highest BCUT2D eigenvalue weighted by Crippen LogP contribution is 2.16. The third-order valence-electron chi connectivity index (χ3n) is 2.52. The van der Waals surface area contributed by atoms with Gasteiger partial charge >= 0.3 is 0 Å². The highest BCUT2D eigenvalue weighted by atomic mass is 16.3. The monoisotopic (exact) mass is 178 g/mol. The number of benzene rings is 1. The average Bonchev–Trinajstić information content (AvgIpc) is 2.15. The van der Waals surface area contributed by atoms with Gasteiger partial charge in [0.25, 0.3) is 0 Å². The first-order valence-corrected chi connectivity index (χ1v) is 4.88. The summed E-state index contributed by atoms with van der Waals surface area (Å²) < 4.78 is 0. The van der Waals surface area contributed by atoms with Gasteiger partial charge in [0, 0.05) is 6.61 Å². The maximum atomic E-state index is 9.16. The molecule has 13 heavy (non-hydrogen) atoms. The first kappa shape index (κ1) is 10.3. The lowest BCUT2D eigenvalue weighted by atomic mass is 9.90. The number of aliphatic hydroxyl groups is 1. The second-order valence-electron chi connectivity index (χ2n) is 3.88. The molecule has 1 aromatic rings. The first-order valence-electron chi connectivity index (χ1n) is 4.88. The Morgan fingerprint density at radius 2 is 1.77 bits per heavy atom. The fraction of sp³-hybridized carbons (Fsp3) is 0.500. The molecular formula is C12H18O. The van der Waals surface area contributed by atoms with Gasteiger partial charge in [0.15, 0.2) is 0 Å². The normalized spacial score (nSPS) is 13.2. The Morgan fingerprint density at radius 1 is 1.15 bits per heavy atom.